The van der Waals surface area contributed by atoms with Crippen LogP contribution in [0, 0.1) is 0 Å². The lowest BCUT2D eigenvalue weighted by molar-refractivity contribution is 0.111. The molecular formula is C16H20ClN3O3. The molecule has 124 valence electrons. The van der Waals surface area contributed by atoms with E-state index in [9.17, 15) is 9.59 Å². The standard InChI is InChI=1S/C16H20ClN3O3/c17-8-4-5-9-20-16(22)19(15(21)12-18-20)10-11-23-13-14-6-2-1-3-7-14/h1-3,6-7,12H,4-5,8-11,13H2. The van der Waals surface area contributed by atoms with E-state index >= 15 is 0 Å². The predicted octanol–water partition coefficient (Wildman–Crippen LogP) is 1.64. The predicted molar refractivity (Wildman–Crippen MR) is 88.8 cm³/mol. The summed E-state index contributed by atoms with van der Waals surface area (Å²) in [6, 6.07) is 9.73. The van der Waals surface area contributed by atoms with E-state index in [4.69, 9.17) is 16.3 Å². The topological polar surface area (TPSA) is 66.1 Å². The number of rotatable bonds is 9. The second kappa shape index (κ2) is 9.27. The molecule has 7 heteroatoms. The summed E-state index contributed by atoms with van der Waals surface area (Å²) in [5.41, 5.74) is 0.232. The first-order valence-corrected chi connectivity index (χ1v) is 8.10. The molecule has 0 aliphatic carbocycles. The average molecular weight is 338 g/mol. The van der Waals surface area contributed by atoms with Crippen LogP contribution in [-0.4, -0.2) is 26.8 Å². The Labute approximate surface area is 139 Å². The molecule has 0 unspecified atom stereocenters. The Balaban J connectivity index is 1.92. The van der Waals surface area contributed by atoms with Crippen molar-refractivity contribution in [3.8, 4) is 0 Å². The largest absolute Gasteiger partial charge is 0.375 e. The van der Waals surface area contributed by atoms with Crippen LogP contribution in [0.3, 0.4) is 0 Å². The van der Waals surface area contributed by atoms with Gasteiger partial charge in [-0.2, -0.15) is 5.10 Å². The summed E-state index contributed by atoms with van der Waals surface area (Å²) in [7, 11) is 0. The van der Waals surface area contributed by atoms with Crippen LogP contribution in [0.25, 0.3) is 0 Å². The van der Waals surface area contributed by atoms with Gasteiger partial charge in [0.05, 0.1) is 19.8 Å². The summed E-state index contributed by atoms with van der Waals surface area (Å²) in [5.74, 6) is 0.543. The van der Waals surface area contributed by atoms with Gasteiger partial charge in [0.15, 0.2) is 0 Å². The first kappa shape index (κ1) is 17.4. The minimum absolute atomic E-state index is 0.211. The zero-order chi connectivity index (χ0) is 16.5. The van der Waals surface area contributed by atoms with E-state index in [1.54, 1.807) is 0 Å². The van der Waals surface area contributed by atoms with Gasteiger partial charge >= 0.3 is 5.69 Å². The van der Waals surface area contributed by atoms with E-state index in [-0.39, 0.29) is 13.2 Å². The Hall–Kier alpha value is -1.92. The fraction of sp³-hybridized carbons (Fsp3) is 0.438. The highest BCUT2D eigenvalue weighted by atomic mass is 35.5. The van der Waals surface area contributed by atoms with Gasteiger partial charge in [-0.15, -0.1) is 11.6 Å². The van der Waals surface area contributed by atoms with Crippen molar-refractivity contribution in [1.29, 1.82) is 0 Å². The molecule has 0 bridgehead atoms. The molecule has 23 heavy (non-hydrogen) atoms. The van der Waals surface area contributed by atoms with Gasteiger partial charge in [-0.25, -0.2) is 9.48 Å². The number of unbranched alkanes of at least 4 members (excludes halogenated alkanes) is 1. The lowest BCUT2D eigenvalue weighted by Crippen LogP contribution is -2.41. The summed E-state index contributed by atoms with van der Waals surface area (Å²) in [6.45, 7) is 1.40. The van der Waals surface area contributed by atoms with Crippen LogP contribution >= 0.6 is 11.6 Å². The SMILES string of the molecule is O=c1cnn(CCCCCl)c(=O)n1CCOCc1ccccc1. The number of aryl methyl sites for hydroxylation is 1. The maximum absolute atomic E-state index is 12.2. The fourth-order valence-corrected chi connectivity index (χ4v) is 2.30. The van der Waals surface area contributed by atoms with Gasteiger partial charge in [-0.1, -0.05) is 30.3 Å². The minimum Gasteiger partial charge on any atom is -0.375 e. The van der Waals surface area contributed by atoms with Gasteiger partial charge in [0, 0.05) is 12.4 Å². The van der Waals surface area contributed by atoms with Crippen LogP contribution < -0.4 is 11.2 Å². The Morgan fingerprint density at radius 1 is 1.09 bits per heavy atom. The molecule has 0 amide bonds. The lowest BCUT2D eigenvalue weighted by Gasteiger charge is -2.09. The van der Waals surface area contributed by atoms with Crippen molar-refractivity contribution >= 4 is 11.6 Å². The van der Waals surface area contributed by atoms with Gasteiger partial charge in [-0.3, -0.25) is 9.36 Å². The highest BCUT2D eigenvalue weighted by molar-refractivity contribution is 6.17. The highest BCUT2D eigenvalue weighted by Crippen LogP contribution is 2.00. The van der Waals surface area contributed by atoms with Crippen LogP contribution in [-0.2, 0) is 24.4 Å². The van der Waals surface area contributed by atoms with E-state index in [1.165, 1.54) is 10.9 Å². The third-order valence-electron chi connectivity index (χ3n) is 3.35. The van der Waals surface area contributed by atoms with Gasteiger partial charge in [0.2, 0.25) is 0 Å². The third kappa shape index (κ3) is 5.33. The molecule has 0 spiro atoms. The maximum atomic E-state index is 12.2. The molecule has 1 heterocycles. The first-order chi connectivity index (χ1) is 11.2. The number of ether oxygens (including phenoxy) is 1. The van der Waals surface area contributed by atoms with Gasteiger partial charge < -0.3 is 4.74 Å². The van der Waals surface area contributed by atoms with Crippen molar-refractivity contribution in [2.24, 2.45) is 0 Å². The molecule has 2 rings (SSSR count). The van der Waals surface area contributed by atoms with E-state index < -0.39 is 11.2 Å². The van der Waals surface area contributed by atoms with Crippen LogP contribution in [0.15, 0.2) is 46.1 Å². The Kier molecular flexibility index (Phi) is 7.03. The van der Waals surface area contributed by atoms with Crippen LogP contribution in [0.2, 0.25) is 0 Å². The second-order valence-corrected chi connectivity index (χ2v) is 5.45. The number of hydrogen-bond donors (Lipinski definition) is 0. The molecule has 6 nitrogen and oxygen atoms in total. The Morgan fingerprint density at radius 2 is 1.87 bits per heavy atom. The summed E-state index contributed by atoms with van der Waals surface area (Å²) in [4.78, 5) is 24.0. The molecule has 0 fully saturated rings. The maximum Gasteiger partial charge on any atom is 0.347 e. The molecule has 1 aromatic carbocycles. The molecule has 0 atom stereocenters. The van der Waals surface area contributed by atoms with Gasteiger partial charge in [-0.05, 0) is 18.4 Å². The van der Waals surface area contributed by atoms with Crippen molar-refractivity contribution in [2.75, 3.05) is 12.5 Å². The Bertz CT molecular complexity index is 713. The Morgan fingerprint density at radius 3 is 2.61 bits per heavy atom. The lowest BCUT2D eigenvalue weighted by atomic mass is 10.2. The summed E-state index contributed by atoms with van der Waals surface area (Å²) in [6.07, 6.45) is 2.72. The number of hydrogen-bond acceptors (Lipinski definition) is 4. The molecule has 2 aromatic rings. The highest BCUT2D eigenvalue weighted by Gasteiger charge is 2.06. The number of aromatic nitrogens is 3. The van der Waals surface area contributed by atoms with Crippen LogP contribution in [0.5, 0.6) is 0 Å². The van der Waals surface area contributed by atoms with Crippen molar-refractivity contribution < 1.29 is 4.74 Å². The normalized spacial score (nSPS) is 10.8. The van der Waals surface area contributed by atoms with Crippen molar-refractivity contribution in [3.63, 3.8) is 0 Å². The van der Waals surface area contributed by atoms with Gasteiger partial charge in [0.25, 0.3) is 5.56 Å². The molecule has 0 aliphatic heterocycles. The smallest absolute Gasteiger partial charge is 0.347 e. The van der Waals surface area contributed by atoms with Crippen LogP contribution in [0.1, 0.15) is 18.4 Å². The van der Waals surface area contributed by atoms with E-state index in [1.807, 2.05) is 30.3 Å². The van der Waals surface area contributed by atoms with Crippen molar-refractivity contribution in [2.45, 2.75) is 32.5 Å². The molecule has 0 saturated carbocycles. The molecule has 0 aliphatic rings. The number of nitrogens with zero attached hydrogens (tertiary/aromatic N) is 3. The number of benzene rings is 1. The third-order valence-corrected chi connectivity index (χ3v) is 3.62. The zero-order valence-corrected chi connectivity index (χ0v) is 13.6. The summed E-state index contributed by atoms with van der Waals surface area (Å²) >= 11 is 5.62. The zero-order valence-electron chi connectivity index (χ0n) is 12.9. The van der Waals surface area contributed by atoms with E-state index in [0.717, 1.165) is 23.0 Å². The van der Waals surface area contributed by atoms with Crippen LogP contribution in [0.4, 0.5) is 0 Å². The van der Waals surface area contributed by atoms with Crippen molar-refractivity contribution in [1.82, 2.24) is 14.3 Å². The number of alkyl halides is 1. The van der Waals surface area contributed by atoms with Gasteiger partial charge in [0.1, 0.15) is 6.20 Å². The van der Waals surface area contributed by atoms with Crippen molar-refractivity contribution in [3.05, 3.63) is 62.9 Å². The molecule has 1 aromatic heterocycles. The number of halogens is 1. The quantitative estimate of drug-likeness (QED) is 0.515. The minimum atomic E-state index is -0.410. The summed E-state index contributed by atoms with van der Waals surface area (Å²) < 4.78 is 7.97. The average Bonchev–Trinajstić information content (AvgIpc) is 2.57. The molecule has 0 N–H and O–H groups in total. The molecule has 0 saturated heterocycles. The monoisotopic (exact) mass is 337 g/mol. The second-order valence-electron chi connectivity index (χ2n) is 5.07. The fourth-order valence-electron chi connectivity index (χ4n) is 2.11. The van der Waals surface area contributed by atoms with E-state index in [0.29, 0.717) is 19.0 Å². The first-order valence-electron chi connectivity index (χ1n) is 7.57. The molecule has 0 radical (unpaired) electrons. The van der Waals surface area contributed by atoms with E-state index in [2.05, 4.69) is 5.10 Å². The summed E-state index contributed by atoms with van der Waals surface area (Å²) in [5, 5.41) is 3.87. The molecular weight excluding hydrogens is 318 g/mol.